The maximum absolute atomic E-state index is 12.5. The molecule has 21 heavy (non-hydrogen) atoms. The van der Waals surface area contributed by atoms with E-state index in [2.05, 4.69) is 0 Å². The molecule has 3 atom stereocenters. The van der Waals surface area contributed by atoms with Gasteiger partial charge in [-0.1, -0.05) is 0 Å². The van der Waals surface area contributed by atoms with E-state index in [4.69, 9.17) is 14.2 Å². The minimum atomic E-state index is -0.660. The number of hydrogen-bond donors (Lipinski definition) is 0. The number of ether oxygens (including phenoxy) is 3. The predicted octanol–water partition coefficient (Wildman–Crippen LogP) is -1.59. The van der Waals surface area contributed by atoms with Crippen molar-refractivity contribution >= 4 is 0 Å². The van der Waals surface area contributed by atoms with E-state index in [-0.39, 0.29) is 12.6 Å². The van der Waals surface area contributed by atoms with Crippen LogP contribution in [0.1, 0.15) is 25.3 Å². The Morgan fingerprint density at radius 1 is 0.857 bits per heavy atom. The fraction of sp³-hybridized carbons (Fsp3) is 0.750. The molecular formula is C12H15N3O6. The van der Waals surface area contributed by atoms with Crippen molar-refractivity contribution in [2.24, 2.45) is 0 Å². The van der Waals surface area contributed by atoms with Gasteiger partial charge in [-0.25, -0.2) is 28.1 Å². The van der Waals surface area contributed by atoms with Crippen LogP contribution in [-0.4, -0.2) is 39.6 Å². The van der Waals surface area contributed by atoms with Gasteiger partial charge in [-0.3, -0.25) is 0 Å². The molecule has 0 aromatic carbocycles. The summed E-state index contributed by atoms with van der Waals surface area (Å²) in [5, 5.41) is 0. The van der Waals surface area contributed by atoms with Gasteiger partial charge in [0, 0.05) is 12.8 Å². The first kappa shape index (κ1) is 13.0. The lowest BCUT2D eigenvalue weighted by molar-refractivity contribution is -0.121. The molecule has 9 nitrogen and oxygen atoms in total. The first-order valence-electron chi connectivity index (χ1n) is 6.99. The largest absolute Gasteiger partial charge is 0.371 e. The molecule has 0 N–H and O–H groups in total. The molecule has 0 bridgehead atoms. The van der Waals surface area contributed by atoms with Crippen LogP contribution in [0.3, 0.4) is 0 Å². The van der Waals surface area contributed by atoms with E-state index < -0.39 is 29.5 Å². The Balaban J connectivity index is 1.90. The zero-order valence-corrected chi connectivity index (χ0v) is 11.3. The molecule has 1 aromatic heterocycles. The molecule has 9 heteroatoms. The molecule has 0 spiro atoms. The molecule has 3 unspecified atom stereocenters. The molecule has 4 rings (SSSR count). The van der Waals surface area contributed by atoms with Crippen LogP contribution < -0.4 is 17.1 Å². The van der Waals surface area contributed by atoms with Crippen LogP contribution >= 0.6 is 0 Å². The lowest BCUT2D eigenvalue weighted by atomic mass is 10.3. The summed E-state index contributed by atoms with van der Waals surface area (Å²) < 4.78 is 18.6. The van der Waals surface area contributed by atoms with E-state index in [1.54, 1.807) is 0 Å². The summed E-state index contributed by atoms with van der Waals surface area (Å²) in [4.78, 5) is 37.3. The third kappa shape index (κ3) is 2.00. The number of epoxide rings is 1. The average Bonchev–Trinajstić information content (AvgIpc) is 3.14. The highest BCUT2D eigenvalue weighted by Crippen LogP contribution is 2.22. The summed E-state index contributed by atoms with van der Waals surface area (Å²) in [5.41, 5.74) is -1.94. The van der Waals surface area contributed by atoms with E-state index in [1.807, 2.05) is 0 Å². The molecular weight excluding hydrogens is 282 g/mol. The lowest BCUT2D eigenvalue weighted by Crippen LogP contribution is -2.59. The van der Waals surface area contributed by atoms with Crippen LogP contribution in [0.2, 0.25) is 0 Å². The van der Waals surface area contributed by atoms with Gasteiger partial charge in [-0.15, -0.1) is 0 Å². The second-order valence-corrected chi connectivity index (χ2v) is 5.38. The van der Waals surface area contributed by atoms with Gasteiger partial charge in [-0.2, -0.15) is 0 Å². The van der Waals surface area contributed by atoms with Crippen LogP contribution in [0, 0.1) is 0 Å². The zero-order chi connectivity index (χ0) is 14.6. The van der Waals surface area contributed by atoms with Crippen molar-refractivity contribution in [1.29, 1.82) is 0 Å². The monoisotopic (exact) mass is 297 g/mol. The van der Waals surface area contributed by atoms with Crippen LogP contribution in [0.25, 0.3) is 0 Å². The lowest BCUT2D eigenvalue weighted by Gasteiger charge is -2.31. The van der Waals surface area contributed by atoms with Gasteiger partial charge in [0.2, 0.25) is 0 Å². The Bertz CT molecular complexity index is 683. The SMILES string of the molecule is O=c1n(CC2CO2)c(=O)n(C2CCO2)c(=O)n1C1CCO1. The van der Waals surface area contributed by atoms with Crippen LogP contribution in [0.5, 0.6) is 0 Å². The molecule has 3 fully saturated rings. The van der Waals surface area contributed by atoms with E-state index in [0.717, 1.165) is 13.7 Å². The second-order valence-electron chi connectivity index (χ2n) is 5.38. The molecule has 3 saturated heterocycles. The van der Waals surface area contributed by atoms with Crippen LogP contribution in [0.4, 0.5) is 0 Å². The fourth-order valence-electron chi connectivity index (χ4n) is 2.50. The molecule has 114 valence electrons. The van der Waals surface area contributed by atoms with Crippen molar-refractivity contribution in [3.63, 3.8) is 0 Å². The van der Waals surface area contributed by atoms with E-state index in [9.17, 15) is 14.4 Å². The summed E-state index contributed by atoms with van der Waals surface area (Å²) in [6.45, 7) is 1.67. The summed E-state index contributed by atoms with van der Waals surface area (Å²) in [5.74, 6) is 0. The molecule has 3 aliphatic heterocycles. The van der Waals surface area contributed by atoms with Crippen LogP contribution in [-0.2, 0) is 20.8 Å². The normalized spacial score (nSPS) is 30.6. The first-order valence-corrected chi connectivity index (χ1v) is 6.99. The molecule has 0 aliphatic carbocycles. The maximum atomic E-state index is 12.5. The summed E-state index contributed by atoms with van der Waals surface area (Å²) in [7, 11) is 0. The van der Waals surface area contributed by atoms with Gasteiger partial charge >= 0.3 is 17.1 Å². The van der Waals surface area contributed by atoms with Crippen LogP contribution in [0.15, 0.2) is 14.4 Å². The third-order valence-corrected chi connectivity index (χ3v) is 4.00. The van der Waals surface area contributed by atoms with Crippen molar-refractivity contribution in [3.8, 4) is 0 Å². The highest BCUT2D eigenvalue weighted by atomic mass is 16.6. The number of aromatic nitrogens is 3. The Hall–Kier alpha value is -1.71. The molecule has 0 radical (unpaired) electrons. The Morgan fingerprint density at radius 2 is 1.33 bits per heavy atom. The highest BCUT2D eigenvalue weighted by molar-refractivity contribution is 4.87. The zero-order valence-electron chi connectivity index (χ0n) is 11.3. The van der Waals surface area contributed by atoms with Crippen molar-refractivity contribution in [2.45, 2.75) is 37.9 Å². The van der Waals surface area contributed by atoms with E-state index in [1.165, 1.54) is 0 Å². The Labute approximate surface area is 118 Å². The van der Waals surface area contributed by atoms with Gasteiger partial charge in [0.25, 0.3) is 0 Å². The summed E-state index contributed by atoms with van der Waals surface area (Å²) >= 11 is 0. The third-order valence-electron chi connectivity index (χ3n) is 4.00. The second kappa shape index (κ2) is 4.65. The smallest absolute Gasteiger partial charge is 0.340 e. The van der Waals surface area contributed by atoms with Crippen molar-refractivity contribution in [2.75, 3.05) is 19.8 Å². The molecule has 0 amide bonds. The minimum absolute atomic E-state index is 0.139. The predicted molar refractivity (Wildman–Crippen MR) is 68.2 cm³/mol. The van der Waals surface area contributed by atoms with Gasteiger partial charge in [0.05, 0.1) is 32.5 Å². The van der Waals surface area contributed by atoms with Crippen molar-refractivity contribution in [3.05, 3.63) is 31.5 Å². The van der Waals surface area contributed by atoms with Gasteiger partial charge in [-0.05, 0) is 0 Å². The maximum Gasteiger partial charge on any atom is 0.340 e. The quantitative estimate of drug-likeness (QED) is 0.621. The molecule has 4 heterocycles. The van der Waals surface area contributed by atoms with Gasteiger partial charge in [0.15, 0.2) is 0 Å². The van der Waals surface area contributed by atoms with Gasteiger partial charge < -0.3 is 14.2 Å². The van der Waals surface area contributed by atoms with Gasteiger partial charge in [0.1, 0.15) is 12.5 Å². The number of rotatable bonds is 4. The number of nitrogens with zero attached hydrogens (tertiary/aromatic N) is 3. The first-order chi connectivity index (χ1) is 10.2. The van der Waals surface area contributed by atoms with E-state index in [0.29, 0.717) is 32.7 Å². The number of hydrogen-bond acceptors (Lipinski definition) is 6. The van der Waals surface area contributed by atoms with E-state index >= 15 is 0 Å². The fourth-order valence-corrected chi connectivity index (χ4v) is 2.50. The summed E-state index contributed by atoms with van der Waals surface area (Å²) in [6, 6.07) is 0. The van der Waals surface area contributed by atoms with Crippen molar-refractivity contribution < 1.29 is 14.2 Å². The highest BCUT2D eigenvalue weighted by Gasteiger charge is 2.33. The average molecular weight is 297 g/mol. The summed E-state index contributed by atoms with van der Waals surface area (Å²) in [6.07, 6.45) is -0.163. The minimum Gasteiger partial charge on any atom is -0.371 e. The molecule has 3 aliphatic rings. The topological polar surface area (TPSA) is 97.0 Å². The standard InChI is InChI=1S/C12H15N3O6/c16-10-13(5-7-6-21-7)11(17)15(9-2-4-20-9)12(18)14(10)8-1-3-19-8/h7-9H,1-6H2. The van der Waals surface area contributed by atoms with Crippen molar-refractivity contribution in [1.82, 2.24) is 13.7 Å². The Kier molecular flexibility index (Phi) is 2.88. The molecule has 0 saturated carbocycles. The molecule has 1 aromatic rings. The Morgan fingerprint density at radius 3 is 1.67 bits per heavy atom.